The number of nitrogens with zero attached hydrogens (tertiary/aromatic N) is 7. The Hall–Kier alpha value is -3.36. The summed E-state index contributed by atoms with van der Waals surface area (Å²) < 4.78 is 1.75. The fourth-order valence-corrected chi connectivity index (χ4v) is 3.82. The zero-order chi connectivity index (χ0) is 21.3. The molecule has 0 bridgehead atoms. The van der Waals surface area contributed by atoms with Crippen molar-refractivity contribution in [3.63, 3.8) is 0 Å². The molecule has 0 aliphatic carbocycles. The Morgan fingerprint density at radius 3 is 2.50 bits per heavy atom. The second-order valence-electron chi connectivity index (χ2n) is 7.80. The number of aromatic nitrogens is 6. The zero-order valence-corrected chi connectivity index (χ0v) is 17.8. The normalized spacial score (nSPS) is 16.5. The Labute approximate surface area is 175 Å². The molecule has 30 heavy (non-hydrogen) atoms. The van der Waals surface area contributed by atoms with Gasteiger partial charge in [-0.15, -0.1) is 0 Å². The van der Waals surface area contributed by atoms with E-state index in [1.54, 1.807) is 17.0 Å². The van der Waals surface area contributed by atoms with Gasteiger partial charge < -0.3 is 14.8 Å². The molecule has 1 amide bonds. The van der Waals surface area contributed by atoms with Crippen molar-refractivity contribution in [3.05, 3.63) is 53.3 Å². The van der Waals surface area contributed by atoms with Crippen molar-refractivity contribution in [2.75, 3.05) is 18.4 Å². The Morgan fingerprint density at radius 2 is 1.80 bits per heavy atom. The van der Waals surface area contributed by atoms with Gasteiger partial charge in [-0.25, -0.2) is 24.9 Å². The fourth-order valence-electron chi connectivity index (χ4n) is 3.82. The molecule has 9 nitrogen and oxygen atoms in total. The topological polar surface area (TPSA) is 102 Å². The van der Waals surface area contributed by atoms with E-state index in [0.29, 0.717) is 24.1 Å². The number of likely N-dealkylation sites (tertiary alicyclic amines) is 1. The number of piperidine rings is 1. The predicted octanol–water partition coefficient (Wildman–Crippen LogP) is 2.69. The highest BCUT2D eigenvalue weighted by Gasteiger charge is 2.29. The summed E-state index contributed by atoms with van der Waals surface area (Å²) in [4.78, 5) is 37.2. The van der Waals surface area contributed by atoms with Gasteiger partial charge in [-0.1, -0.05) is 0 Å². The second kappa shape index (κ2) is 8.17. The van der Waals surface area contributed by atoms with Gasteiger partial charge in [0.05, 0.1) is 0 Å². The Kier molecular flexibility index (Phi) is 5.43. The largest absolute Gasteiger partial charge is 0.335 e. The molecule has 4 heterocycles. The van der Waals surface area contributed by atoms with Crippen molar-refractivity contribution in [2.45, 2.75) is 39.5 Å². The molecular formula is C21H26N8O. The van der Waals surface area contributed by atoms with Crippen LogP contribution in [0.2, 0.25) is 0 Å². The lowest BCUT2D eigenvalue weighted by molar-refractivity contribution is 0.0688. The quantitative estimate of drug-likeness (QED) is 0.711. The maximum atomic E-state index is 12.9. The second-order valence-corrected chi connectivity index (χ2v) is 7.80. The molecule has 4 rings (SSSR count). The first-order valence-corrected chi connectivity index (χ1v) is 10.1. The summed E-state index contributed by atoms with van der Waals surface area (Å²) in [7, 11) is 1.83. The van der Waals surface area contributed by atoms with Crippen LogP contribution in [-0.2, 0) is 7.05 Å². The molecule has 1 N–H and O–H groups in total. The molecule has 9 heteroatoms. The third kappa shape index (κ3) is 4.29. The SMILES string of the molecule is Cc1cc(C)nc(Nc2cc(C)nc(C3CCCN(C(=O)c4nccn4C)C3)n2)n1. The molecular weight excluding hydrogens is 380 g/mol. The standard InChI is InChI=1S/C21H26N8O/c1-13-10-14(2)25-21(24-13)27-17-11-15(3)23-18(26-17)16-6-5-8-29(12-16)20(30)19-22-7-9-28(19)4/h7,9-11,16H,5-6,8,12H2,1-4H3,(H,23,24,25,26,27). The van der Waals surface area contributed by atoms with Gasteiger partial charge in [-0.05, 0) is 39.7 Å². The van der Waals surface area contributed by atoms with E-state index >= 15 is 0 Å². The minimum atomic E-state index is -0.0539. The number of aryl methyl sites for hydroxylation is 4. The molecule has 156 valence electrons. The zero-order valence-electron chi connectivity index (χ0n) is 17.8. The molecule has 1 fully saturated rings. The van der Waals surface area contributed by atoms with E-state index in [9.17, 15) is 4.79 Å². The molecule has 3 aromatic rings. The number of nitrogens with one attached hydrogen (secondary N) is 1. The molecule has 0 radical (unpaired) electrons. The van der Waals surface area contributed by atoms with Gasteiger partial charge in [-0.3, -0.25) is 4.79 Å². The number of carbonyl (C=O) groups excluding carboxylic acids is 1. The van der Waals surface area contributed by atoms with Crippen LogP contribution in [0.3, 0.4) is 0 Å². The molecule has 1 unspecified atom stereocenters. The summed E-state index contributed by atoms with van der Waals surface area (Å²) in [6.07, 6.45) is 5.27. The Balaban J connectivity index is 1.54. The molecule has 0 saturated carbocycles. The smallest absolute Gasteiger partial charge is 0.289 e. The summed E-state index contributed by atoms with van der Waals surface area (Å²) in [5.74, 6) is 2.39. The van der Waals surface area contributed by atoms with Crippen LogP contribution < -0.4 is 5.32 Å². The Bertz CT molecular complexity index is 1060. The third-order valence-corrected chi connectivity index (χ3v) is 5.18. The summed E-state index contributed by atoms with van der Waals surface area (Å²) in [6.45, 7) is 7.11. The number of carbonyl (C=O) groups is 1. The van der Waals surface area contributed by atoms with Crippen molar-refractivity contribution in [1.29, 1.82) is 0 Å². The van der Waals surface area contributed by atoms with Crippen LogP contribution >= 0.6 is 0 Å². The average molecular weight is 406 g/mol. The van der Waals surface area contributed by atoms with E-state index in [1.807, 2.05) is 44.9 Å². The van der Waals surface area contributed by atoms with Crippen molar-refractivity contribution in [2.24, 2.45) is 7.05 Å². The van der Waals surface area contributed by atoms with E-state index in [4.69, 9.17) is 4.98 Å². The number of imidazole rings is 1. The number of anilines is 2. The van der Waals surface area contributed by atoms with Gasteiger partial charge in [0, 0.05) is 61.6 Å². The minimum Gasteiger partial charge on any atom is -0.335 e. The van der Waals surface area contributed by atoms with Gasteiger partial charge >= 0.3 is 0 Å². The average Bonchev–Trinajstić information content (AvgIpc) is 3.12. The van der Waals surface area contributed by atoms with Crippen molar-refractivity contribution in [3.8, 4) is 0 Å². The molecule has 1 saturated heterocycles. The van der Waals surface area contributed by atoms with Gasteiger partial charge in [0.25, 0.3) is 5.91 Å². The summed E-state index contributed by atoms with van der Waals surface area (Å²) in [6, 6.07) is 3.81. The molecule has 0 spiro atoms. The van der Waals surface area contributed by atoms with Gasteiger partial charge in [0.1, 0.15) is 11.6 Å². The first-order chi connectivity index (χ1) is 14.4. The van der Waals surface area contributed by atoms with E-state index in [-0.39, 0.29) is 11.8 Å². The maximum absolute atomic E-state index is 12.9. The molecule has 1 aliphatic heterocycles. The highest BCUT2D eigenvalue weighted by atomic mass is 16.2. The predicted molar refractivity (Wildman–Crippen MR) is 113 cm³/mol. The van der Waals surface area contributed by atoms with Crippen LogP contribution in [0.1, 0.15) is 52.3 Å². The van der Waals surface area contributed by atoms with E-state index in [1.165, 1.54) is 0 Å². The van der Waals surface area contributed by atoms with E-state index < -0.39 is 0 Å². The molecule has 1 atom stereocenters. The van der Waals surface area contributed by atoms with E-state index in [0.717, 1.165) is 42.3 Å². The first kappa shape index (κ1) is 19.9. The number of rotatable bonds is 4. The summed E-state index contributed by atoms with van der Waals surface area (Å²) in [5, 5.41) is 3.20. The van der Waals surface area contributed by atoms with Crippen LogP contribution in [0, 0.1) is 20.8 Å². The van der Waals surface area contributed by atoms with Crippen molar-refractivity contribution in [1.82, 2.24) is 34.4 Å². The first-order valence-electron chi connectivity index (χ1n) is 10.1. The van der Waals surface area contributed by atoms with Gasteiger partial charge in [0.15, 0.2) is 5.82 Å². The summed E-state index contributed by atoms with van der Waals surface area (Å²) >= 11 is 0. The van der Waals surface area contributed by atoms with E-state index in [2.05, 4.69) is 25.3 Å². The van der Waals surface area contributed by atoms with Crippen molar-refractivity contribution < 1.29 is 4.79 Å². The fraction of sp³-hybridized carbons (Fsp3) is 0.429. The highest BCUT2D eigenvalue weighted by molar-refractivity contribution is 5.90. The van der Waals surface area contributed by atoms with Gasteiger partial charge in [-0.2, -0.15) is 0 Å². The molecule has 0 aromatic carbocycles. The van der Waals surface area contributed by atoms with Crippen LogP contribution in [0.5, 0.6) is 0 Å². The third-order valence-electron chi connectivity index (χ3n) is 5.18. The molecule has 1 aliphatic rings. The number of amides is 1. The van der Waals surface area contributed by atoms with Crippen LogP contribution in [0.4, 0.5) is 11.8 Å². The minimum absolute atomic E-state index is 0.0539. The lowest BCUT2D eigenvalue weighted by Gasteiger charge is -2.32. The van der Waals surface area contributed by atoms with Crippen LogP contribution in [-0.4, -0.2) is 53.4 Å². The molecule has 3 aromatic heterocycles. The van der Waals surface area contributed by atoms with Gasteiger partial charge in [0.2, 0.25) is 5.95 Å². The summed E-state index contributed by atoms with van der Waals surface area (Å²) in [5.41, 5.74) is 2.65. The monoisotopic (exact) mass is 406 g/mol. The lowest BCUT2D eigenvalue weighted by Crippen LogP contribution is -2.40. The van der Waals surface area contributed by atoms with Crippen LogP contribution in [0.15, 0.2) is 24.5 Å². The van der Waals surface area contributed by atoms with Crippen LogP contribution in [0.25, 0.3) is 0 Å². The number of hydrogen-bond donors (Lipinski definition) is 1. The lowest BCUT2D eigenvalue weighted by atomic mass is 9.97. The maximum Gasteiger partial charge on any atom is 0.289 e. The highest BCUT2D eigenvalue weighted by Crippen LogP contribution is 2.27. The number of hydrogen-bond acceptors (Lipinski definition) is 7. The van der Waals surface area contributed by atoms with Crippen molar-refractivity contribution >= 4 is 17.7 Å². The Morgan fingerprint density at radius 1 is 1.07 bits per heavy atom.